The number of hydrogen-bond donors (Lipinski definition) is 0. The molecule has 2 aromatic rings. The summed E-state index contributed by atoms with van der Waals surface area (Å²) in [5.41, 5.74) is 2.64. The third kappa shape index (κ3) is 3.54. The normalized spacial score (nSPS) is 15.0. The SMILES string of the molecule is CCC(CC)c1nc(-c2ccc(F)c(C)c2)cn1CCN1CCC1. The van der Waals surface area contributed by atoms with Crippen molar-refractivity contribution in [1.82, 2.24) is 14.5 Å². The largest absolute Gasteiger partial charge is 0.333 e. The molecule has 0 radical (unpaired) electrons. The van der Waals surface area contributed by atoms with E-state index in [4.69, 9.17) is 4.98 Å². The maximum absolute atomic E-state index is 13.6. The fourth-order valence-electron chi connectivity index (χ4n) is 3.39. The summed E-state index contributed by atoms with van der Waals surface area (Å²) in [6.07, 6.45) is 5.67. The van der Waals surface area contributed by atoms with Crippen LogP contribution in [0.5, 0.6) is 0 Å². The summed E-state index contributed by atoms with van der Waals surface area (Å²) in [5, 5.41) is 0. The van der Waals surface area contributed by atoms with Crippen molar-refractivity contribution >= 4 is 0 Å². The van der Waals surface area contributed by atoms with Crippen LogP contribution in [-0.2, 0) is 6.54 Å². The van der Waals surface area contributed by atoms with Crippen LogP contribution < -0.4 is 0 Å². The maximum atomic E-state index is 13.6. The molecular weight excluding hydrogens is 301 g/mol. The fourth-order valence-corrected chi connectivity index (χ4v) is 3.39. The second-order valence-corrected chi connectivity index (χ2v) is 6.85. The molecule has 3 rings (SSSR count). The molecule has 2 heterocycles. The molecule has 1 aromatic heterocycles. The van der Waals surface area contributed by atoms with E-state index in [9.17, 15) is 4.39 Å². The predicted octanol–water partition coefficient (Wildman–Crippen LogP) is 4.61. The van der Waals surface area contributed by atoms with Gasteiger partial charge in [0.2, 0.25) is 0 Å². The number of aromatic nitrogens is 2. The molecule has 0 bridgehead atoms. The van der Waals surface area contributed by atoms with Crippen LogP contribution in [-0.4, -0.2) is 34.1 Å². The van der Waals surface area contributed by atoms with Gasteiger partial charge in [0.25, 0.3) is 0 Å². The maximum Gasteiger partial charge on any atom is 0.126 e. The number of hydrogen-bond acceptors (Lipinski definition) is 2. The molecule has 130 valence electrons. The molecule has 0 N–H and O–H groups in total. The van der Waals surface area contributed by atoms with Gasteiger partial charge in [-0.1, -0.05) is 13.8 Å². The van der Waals surface area contributed by atoms with Crippen molar-refractivity contribution in [2.24, 2.45) is 0 Å². The quantitative estimate of drug-likeness (QED) is 0.740. The van der Waals surface area contributed by atoms with Gasteiger partial charge in [-0.3, -0.25) is 0 Å². The molecule has 1 aromatic carbocycles. The average molecular weight is 329 g/mol. The minimum Gasteiger partial charge on any atom is -0.333 e. The molecular formula is C20H28FN3. The summed E-state index contributed by atoms with van der Waals surface area (Å²) in [6.45, 7) is 10.8. The van der Waals surface area contributed by atoms with Crippen molar-refractivity contribution in [2.45, 2.75) is 52.5 Å². The summed E-state index contributed by atoms with van der Waals surface area (Å²) >= 11 is 0. The number of rotatable bonds is 7. The van der Waals surface area contributed by atoms with Gasteiger partial charge in [-0.15, -0.1) is 0 Å². The Kier molecular flexibility index (Phi) is 5.34. The van der Waals surface area contributed by atoms with E-state index in [0.717, 1.165) is 37.2 Å². The van der Waals surface area contributed by atoms with Crippen molar-refractivity contribution in [1.29, 1.82) is 0 Å². The molecule has 0 atom stereocenters. The number of nitrogens with zero attached hydrogens (tertiary/aromatic N) is 3. The van der Waals surface area contributed by atoms with E-state index in [2.05, 4.69) is 29.5 Å². The van der Waals surface area contributed by atoms with Gasteiger partial charge in [0, 0.05) is 30.8 Å². The topological polar surface area (TPSA) is 21.1 Å². The highest BCUT2D eigenvalue weighted by Crippen LogP contribution is 2.27. The van der Waals surface area contributed by atoms with Crippen molar-refractivity contribution < 1.29 is 4.39 Å². The summed E-state index contributed by atoms with van der Waals surface area (Å²) < 4.78 is 15.9. The van der Waals surface area contributed by atoms with Crippen LogP contribution in [0.25, 0.3) is 11.3 Å². The predicted molar refractivity (Wildman–Crippen MR) is 96.7 cm³/mol. The van der Waals surface area contributed by atoms with E-state index in [0.29, 0.717) is 11.5 Å². The molecule has 0 unspecified atom stereocenters. The monoisotopic (exact) mass is 329 g/mol. The Hall–Kier alpha value is -1.68. The van der Waals surface area contributed by atoms with Gasteiger partial charge in [0.05, 0.1) is 5.69 Å². The van der Waals surface area contributed by atoms with Gasteiger partial charge < -0.3 is 9.47 Å². The highest BCUT2D eigenvalue weighted by Gasteiger charge is 2.19. The molecule has 1 fully saturated rings. The number of benzene rings is 1. The summed E-state index contributed by atoms with van der Waals surface area (Å²) in [6, 6.07) is 5.27. The first-order chi connectivity index (χ1) is 11.6. The Balaban J connectivity index is 1.89. The minimum atomic E-state index is -0.156. The molecule has 0 amide bonds. The average Bonchev–Trinajstić information content (AvgIpc) is 2.94. The van der Waals surface area contributed by atoms with Crippen molar-refractivity contribution in [3.8, 4) is 11.3 Å². The Labute approximate surface area is 144 Å². The third-order valence-electron chi connectivity index (χ3n) is 5.22. The summed E-state index contributed by atoms with van der Waals surface area (Å²) in [4.78, 5) is 7.42. The molecule has 0 spiro atoms. The van der Waals surface area contributed by atoms with Gasteiger partial charge in [-0.05, 0) is 63.0 Å². The lowest BCUT2D eigenvalue weighted by atomic mass is 10.0. The van der Waals surface area contributed by atoms with Crippen LogP contribution >= 0.6 is 0 Å². The Morgan fingerprint density at radius 1 is 1.17 bits per heavy atom. The standard InChI is InChI=1S/C20H28FN3/c1-4-16(5-2)20-22-19(17-7-8-18(21)15(3)13-17)14-24(20)12-11-23-9-6-10-23/h7-8,13-14,16H,4-6,9-12H2,1-3H3. The van der Waals surface area contributed by atoms with Crippen LogP contribution in [0, 0.1) is 12.7 Å². The van der Waals surface area contributed by atoms with E-state index >= 15 is 0 Å². The Morgan fingerprint density at radius 2 is 1.92 bits per heavy atom. The van der Waals surface area contributed by atoms with Crippen LogP contribution in [0.4, 0.5) is 4.39 Å². The van der Waals surface area contributed by atoms with E-state index in [-0.39, 0.29) is 5.82 Å². The zero-order valence-corrected chi connectivity index (χ0v) is 15.1. The second kappa shape index (κ2) is 7.47. The zero-order valence-electron chi connectivity index (χ0n) is 15.1. The molecule has 0 aliphatic carbocycles. The molecule has 24 heavy (non-hydrogen) atoms. The Bertz CT molecular complexity index is 684. The number of halogens is 1. The first-order valence-corrected chi connectivity index (χ1v) is 9.18. The summed E-state index contributed by atoms with van der Waals surface area (Å²) in [7, 11) is 0. The lowest BCUT2D eigenvalue weighted by Crippen LogP contribution is -2.39. The first kappa shape index (κ1) is 17.2. The van der Waals surface area contributed by atoms with E-state index in [1.54, 1.807) is 6.07 Å². The molecule has 0 saturated carbocycles. The lowest BCUT2D eigenvalue weighted by molar-refractivity contribution is 0.173. The van der Waals surface area contributed by atoms with Crippen LogP contribution in [0.3, 0.4) is 0 Å². The Morgan fingerprint density at radius 3 is 2.50 bits per heavy atom. The van der Waals surface area contributed by atoms with Gasteiger partial charge >= 0.3 is 0 Å². The zero-order chi connectivity index (χ0) is 17.1. The molecule has 1 saturated heterocycles. The van der Waals surface area contributed by atoms with Crippen molar-refractivity contribution in [3.63, 3.8) is 0 Å². The van der Waals surface area contributed by atoms with E-state index in [1.807, 2.05) is 19.1 Å². The van der Waals surface area contributed by atoms with Crippen LogP contribution in [0.1, 0.15) is 50.4 Å². The number of aryl methyl sites for hydroxylation is 1. The highest BCUT2D eigenvalue weighted by molar-refractivity contribution is 5.60. The molecule has 3 nitrogen and oxygen atoms in total. The van der Waals surface area contributed by atoms with E-state index < -0.39 is 0 Å². The number of likely N-dealkylation sites (tertiary alicyclic amines) is 1. The minimum absolute atomic E-state index is 0.156. The number of imidazole rings is 1. The van der Waals surface area contributed by atoms with Gasteiger partial charge in [-0.2, -0.15) is 0 Å². The fraction of sp³-hybridized carbons (Fsp3) is 0.550. The molecule has 1 aliphatic rings. The lowest BCUT2D eigenvalue weighted by Gasteiger charge is -2.31. The molecule has 1 aliphatic heterocycles. The highest BCUT2D eigenvalue weighted by atomic mass is 19.1. The van der Waals surface area contributed by atoms with Gasteiger partial charge in [0.1, 0.15) is 11.6 Å². The molecule has 4 heteroatoms. The smallest absolute Gasteiger partial charge is 0.126 e. The first-order valence-electron chi connectivity index (χ1n) is 9.18. The third-order valence-corrected chi connectivity index (χ3v) is 5.22. The summed E-state index contributed by atoms with van der Waals surface area (Å²) in [5.74, 6) is 1.50. The van der Waals surface area contributed by atoms with Crippen molar-refractivity contribution in [3.05, 3.63) is 41.6 Å². The van der Waals surface area contributed by atoms with Crippen LogP contribution in [0.15, 0.2) is 24.4 Å². The van der Waals surface area contributed by atoms with E-state index in [1.165, 1.54) is 25.3 Å². The van der Waals surface area contributed by atoms with Crippen LogP contribution in [0.2, 0.25) is 0 Å². The van der Waals surface area contributed by atoms with Gasteiger partial charge in [-0.25, -0.2) is 9.37 Å². The second-order valence-electron chi connectivity index (χ2n) is 6.85. The van der Waals surface area contributed by atoms with Gasteiger partial charge in [0.15, 0.2) is 0 Å². The van der Waals surface area contributed by atoms with Crippen molar-refractivity contribution in [2.75, 3.05) is 19.6 Å².